The zero-order valence-electron chi connectivity index (χ0n) is 12.6. The molecule has 1 heterocycles. The first kappa shape index (κ1) is 15.6. The zero-order chi connectivity index (χ0) is 16.6. The highest BCUT2D eigenvalue weighted by Crippen LogP contribution is 2.35. The number of aliphatic carboxylic acids is 1. The molecule has 120 valence electrons. The molecule has 0 fully saturated rings. The third kappa shape index (κ3) is 2.97. The number of rotatable bonds is 4. The minimum Gasteiger partial charge on any atom is -0.481 e. The number of benzene rings is 1. The first-order valence-electron chi connectivity index (χ1n) is 7.34. The van der Waals surface area contributed by atoms with Crippen LogP contribution >= 0.6 is 11.6 Å². The minimum atomic E-state index is -1.04. The van der Waals surface area contributed by atoms with Crippen LogP contribution in [-0.4, -0.2) is 17.0 Å². The van der Waals surface area contributed by atoms with E-state index in [1.54, 1.807) is 6.92 Å². The number of carbonyl (C=O) groups is 2. The number of halogens is 1. The third-order valence-electron chi connectivity index (χ3n) is 4.11. The summed E-state index contributed by atoms with van der Waals surface area (Å²) in [6.45, 7) is 1.73. The number of fused-ring (bicyclic) bond motifs is 1. The summed E-state index contributed by atoms with van der Waals surface area (Å²) in [5, 5.41) is 12.6. The van der Waals surface area contributed by atoms with Gasteiger partial charge in [0.05, 0.1) is 17.9 Å². The average Bonchev–Trinajstić information content (AvgIpc) is 3.04. The number of aryl methyl sites for hydroxylation is 1. The molecule has 2 aromatic rings. The lowest BCUT2D eigenvalue weighted by Crippen LogP contribution is -2.28. The highest BCUT2D eigenvalue weighted by atomic mass is 35.5. The Kier molecular flexibility index (Phi) is 4.13. The Balaban J connectivity index is 1.83. The second-order valence-corrected chi connectivity index (χ2v) is 6.07. The van der Waals surface area contributed by atoms with Crippen LogP contribution < -0.4 is 5.32 Å². The monoisotopic (exact) mass is 333 g/mol. The van der Waals surface area contributed by atoms with Crippen LogP contribution in [0, 0.1) is 6.92 Å². The molecule has 1 amide bonds. The van der Waals surface area contributed by atoms with E-state index in [0.29, 0.717) is 16.1 Å². The minimum absolute atomic E-state index is 0.122. The van der Waals surface area contributed by atoms with Crippen molar-refractivity contribution in [2.24, 2.45) is 0 Å². The van der Waals surface area contributed by atoms with E-state index < -0.39 is 5.97 Å². The van der Waals surface area contributed by atoms with E-state index in [2.05, 4.69) is 5.32 Å². The molecule has 0 radical (unpaired) electrons. The molecule has 0 spiro atoms. The number of furan rings is 1. The first-order valence-corrected chi connectivity index (χ1v) is 7.72. The van der Waals surface area contributed by atoms with Crippen molar-refractivity contribution < 1.29 is 19.1 Å². The maximum atomic E-state index is 12.6. The van der Waals surface area contributed by atoms with Gasteiger partial charge in [0.1, 0.15) is 12.2 Å². The number of hydrogen-bond donors (Lipinski definition) is 2. The van der Waals surface area contributed by atoms with Gasteiger partial charge in [-0.05, 0) is 37.0 Å². The Labute approximate surface area is 138 Å². The number of hydrogen-bond acceptors (Lipinski definition) is 3. The summed E-state index contributed by atoms with van der Waals surface area (Å²) in [5.74, 6) is -1.17. The molecule has 3 rings (SSSR count). The van der Waals surface area contributed by atoms with Crippen LogP contribution in [-0.2, 0) is 17.6 Å². The highest BCUT2D eigenvalue weighted by molar-refractivity contribution is 6.31. The van der Waals surface area contributed by atoms with Gasteiger partial charge in [-0.25, -0.2) is 0 Å². The lowest BCUT2D eigenvalue weighted by atomic mass is 10.1. The van der Waals surface area contributed by atoms with Gasteiger partial charge in [-0.15, -0.1) is 0 Å². The SMILES string of the molecule is Cc1coc(CC(=O)O)c1C(=O)NC1CCc2c(Cl)cccc21. The number of carbonyl (C=O) groups excluding carboxylic acids is 1. The molecule has 0 bridgehead atoms. The summed E-state index contributed by atoms with van der Waals surface area (Å²) >= 11 is 6.19. The van der Waals surface area contributed by atoms with Crippen LogP contribution in [0.3, 0.4) is 0 Å². The Morgan fingerprint density at radius 1 is 1.43 bits per heavy atom. The second-order valence-electron chi connectivity index (χ2n) is 5.66. The number of carboxylic acid groups (broad SMARTS) is 1. The molecule has 1 unspecified atom stereocenters. The van der Waals surface area contributed by atoms with Crippen LogP contribution in [0.5, 0.6) is 0 Å². The second kappa shape index (κ2) is 6.08. The third-order valence-corrected chi connectivity index (χ3v) is 4.46. The van der Waals surface area contributed by atoms with Crippen molar-refractivity contribution in [3.8, 4) is 0 Å². The predicted octanol–water partition coefficient (Wildman–Crippen LogP) is 3.29. The molecule has 1 aromatic heterocycles. The fraction of sp³-hybridized carbons (Fsp3) is 0.294. The van der Waals surface area contributed by atoms with Gasteiger partial charge in [-0.2, -0.15) is 0 Å². The Morgan fingerprint density at radius 3 is 2.96 bits per heavy atom. The lowest BCUT2D eigenvalue weighted by molar-refractivity contribution is -0.136. The van der Waals surface area contributed by atoms with Gasteiger partial charge in [-0.1, -0.05) is 23.7 Å². The van der Waals surface area contributed by atoms with Crippen molar-refractivity contribution in [2.45, 2.75) is 32.2 Å². The van der Waals surface area contributed by atoms with Crippen LogP contribution in [0.1, 0.15) is 45.3 Å². The summed E-state index contributed by atoms with van der Waals surface area (Å²) in [6, 6.07) is 5.54. The fourth-order valence-corrected chi connectivity index (χ4v) is 3.34. The van der Waals surface area contributed by atoms with Crippen LogP contribution in [0.4, 0.5) is 0 Å². The van der Waals surface area contributed by atoms with Crippen molar-refractivity contribution in [3.63, 3.8) is 0 Å². The van der Waals surface area contributed by atoms with Crippen molar-refractivity contribution in [3.05, 3.63) is 57.5 Å². The van der Waals surface area contributed by atoms with Gasteiger partial charge >= 0.3 is 5.97 Å². The van der Waals surface area contributed by atoms with Gasteiger partial charge in [0.15, 0.2) is 0 Å². The Bertz CT molecular complexity index is 781. The molecule has 5 nitrogen and oxygen atoms in total. The smallest absolute Gasteiger partial charge is 0.311 e. The first-order chi connectivity index (χ1) is 11.0. The van der Waals surface area contributed by atoms with Crippen LogP contribution in [0.2, 0.25) is 5.02 Å². The van der Waals surface area contributed by atoms with Crippen molar-refractivity contribution in [1.82, 2.24) is 5.32 Å². The van der Waals surface area contributed by atoms with E-state index in [1.165, 1.54) is 6.26 Å². The van der Waals surface area contributed by atoms with Crippen LogP contribution in [0.25, 0.3) is 0 Å². The number of carboxylic acids is 1. The summed E-state index contributed by atoms with van der Waals surface area (Å²) in [5.41, 5.74) is 3.02. The molecule has 2 N–H and O–H groups in total. The van der Waals surface area contributed by atoms with Crippen LogP contribution in [0.15, 0.2) is 28.9 Å². The molecular formula is C17H16ClNO4. The zero-order valence-corrected chi connectivity index (χ0v) is 13.3. The van der Waals surface area contributed by atoms with E-state index in [0.717, 1.165) is 24.0 Å². The van der Waals surface area contributed by atoms with E-state index in [1.807, 2.05) is 18.2 Å². The molecule has 0 aliphatic heterocycles. The van der Waals surface area contributed by atoms with Gasteiger partial charge < -0.3 is 14.8 Å². The molecule has 1 aliphatic carbocycles. The normalized spacial score (nSPS) is 16.2. The van der Waals surface area contributed by atoms with E-state index >= 15 is 0 Å². The molecule has 0 saturated carbocycles. The molecule has 1 atom stereocenters. The maximum Gasteiger partial charge on any atom is 0.311 e. The summed E-state index contributed by atoms with van der Waals surface area (Å²) in [6.07, 6.45) is 2.68. The average molecular weight is 334 g/mol. The Hall–Kier alpha value is -2.27. The van der Waals surface area contributed by atoms with Crippen molar-refractivity contribution in [2.75, 3.05) is 0 Å². The molecule has 0 saturated heterocycles. The van der Waals surface area contributed by atoms with E-state index in [4.69, 9.17) is 21.1 Å². The van der Waals surface area contributed by atoms with E-state index in [-0.39, 0.29) is 24.1 Å². The summed E-state index contributed by atoms with van der Waals surface area (Å²) in [7, 11) is 0. The molecule has 1 aliphatic rings. The molecule has 23 heavy (non-hydrogen) atoms. The number of nitrogens with one attached hydrogen (secondary N) is 1. The molecule has 1 aromatic carbocycles. The van der Waals surface area contributed by atoms with E-state index in [9.17, 15) is 9.59 Å². The molecule has 6 heteroatoms. The predicted molar refractivity (Wildman–Crippen MR) is 84.8 cm³/mol. The quantitative estimate of drug-likeness (QED) is 0.899. The van der Waals surface area contributed by atoms with Gasteiger partial charge in [-0.3, -0.25) is 9.59 Å². The van der Waals surface area contributed by atoms with Gasteiger partial charge in [0.25, 0.3) is 5.91 Å². The van der Waals surface area contributed by atoms with Gasteiger partial charge in [0.2, 0.25) is 0 Å². The van der Waals surface area contributed by atoms with Gasteiger partial charge in [0, 0.05) is 10.6 Å². The lowest BCUT2D eigenvalue weighted by Gasteiger charge is -2.14. The number of amides is 1. The maximum absolute atomic E-state index is 12.6. The summed E-state index contributed by atoms with van der Waals surface area (Å²) in [4.78, 5) is 23.5. The Morgan fingerprint density at radius 2 is 2.22 bits per heavy atom. The standard InChI is InChI=1S/C17H16ClNO4/c1-9-8-23-14(7-15(20)21)16(9)17(22)19-13-6-5-10-11(13)3-2-4-12(10)18/h2-4,8,13H,5-7H2,1H3,(H,19,22)(H,20,21). The highest BCUT2D eigenvalue weighted by Gasteiger charge is 2.28. The fourth-order valence-electron chi connectivity index (χ4n) is 3.06. The summed E-state index contributed by atoms with van der Waals surface area (Å²) < 4.78 is 5.22. The largest absolute Gasteiger partial charge is 0.481 e. The topological polar surface area (TPSA) is 79.5 Å². The van der Waals surface area contributed by atoms with Crippen molar-refractivity contribution in [1.29, 1.82) is 0 Å². The van der Waals surface area contributed by atoms with Crippen molar-refractivity contribution >= 4 is 23.5 Å². The molecular weight excluding hydrogens is 318 g/mol.